The van der Waals surface area contributed by atoms with Crippen LogP contribution in [-0.4, -0.2) is 28.8 Å². The second kappa shape index (κ2) is 12.6. The maximum absolute atomic E-state index is 13.7. The Labute approximate surface area is 224 Å². The Morgan fingerprint density at radius 3 is 2.33 bits per heavy atom. The second-order valence-corrected chi connectivity index (χ2v) is 10.4. The fourth-order valence-electron chi connectivity index (χ4n) is 5.21. The topological polar surface area (TPSA) is 49.4 Å². The van der Waals surface area contributed by atoms with Crippen molar-refractivity contribution in [2.24, 2.45) is 0 Å². The maximum atomic E-state index is 13.7. The summed E-state index contributed by atoms with van der Waals surface area (Å²) in [5, 5.41) is 6.52. The van der Waals surface area contributed by atoms with E-state index >= 15 is 0 Å². The van der Waals surface area contributed by atoms with Gasteiger partial charge in [-0.05, 0) is 54.2 Å². The quantitative estimate of drug-likeness (QED) is 0.318. The number of halogens is 2. The zero-order valence-corrected chi connectivity index (χ0v) is 22.3. The van der Waals surface area contributed by atoms with Gasteiger partial charge in [-0.1, -0.05) is 97.9 Å². The zero-order chi connectivity index (χ0) is 25.5. The van der Waals surface area contributed by atoms with E-state index in [4.69, 9.17) is 23.2 Å². The minimum Gasteiger partial charge on any atom is -0.352 e. The number of fused-ring (bicyclic) bond motifs is 1. The molecule has 1 saturated carbocycles. The van der Waals surface area contributed by atoms with Crippen LogP contribution >= 0.6 is 23.2 Å². The van der Waals surface area contributed by atoms with Crippen molar-refractivity contribution in [2.45, 2.75) is 76.9 Å². The Kier molecular flexibility index (Phi) is 9.28. The Balaban J connectivity index is 1.57. The standard InChI is InChI=1S/C30H34Cl2N2O2/c1-2-28(30(36)33-23-13-4-3-5-14-23)34(20-25-26(31)16-9-17-27(25)32)29(35)19-18-22-12-8-11-21-10-6-7-15-24(21)22/h6-12,15-17,23,28H,2-5,13-14,18-20H2,1H3,(H,33,36)/t28-/m1/s1. The number of hydrogen-bond donors (Lipinski definition) is 1. The minimum atomic E-state index is -0.584. The summed E-state index contributed by atoms with van der Waals surface area (Å²) in [4.78, 5) is 28.8. The molecule has 3 aromatic rings. The number of aryl methyl sites for hydroxylation is 1. The molecule has 0 unspecified atom stereocenters. The predicted molar refractivity (Wildman–Crippen MR) is 148 cm³/mol. The van der Waals surface area contributed by atoms with E-state index in [0.29, 0.717) is 34.9 Å². The van der Waals surface area contributed by atoms with Gasteiger partial charge in [-0.25, -0.2) is 0 Å². The Bertz CT molecular complexity index is 1180. The van der Waals surface area contributed by atoms with Crippen molar-refractivity contribution in [3.8, 4) is 0 Å². The fraction of sp³-hybridized carbons (Fsp3) is 0.400. The van der Waals surface area contributed by atoms with Crippen molar-refractivity contribution in [3.63, 3.8) is 0 Å². The van der Waals surface area contributed by atoms with Gasteiger partial charge < -0.3 is 10.2 Å². The molecule has 0 heterocycles. The summed E-state index contributed by atoms with van der Waals surface area (Å²) < 4.78 is 0. The zero-order valence-electron chi connectivity index (χ0n) is 20.8. The summed E-state index contributed by atoms with van der Waals surface area (Å²) in [6.45, 7) is 2.15. The van der Waals surface area contributed by atoms with Gasteiger partial charge in [0.05, 0.1) is 0 Å². The largest absolute Gasteiger partial charge is 0.352 e. The molecule has 0 aliphatic heterocycles. The number of amides is 2. The number of carbonyl (C=O) groups is 2. The fourth-order valence-corrected chi connectivity index (χ4v) is 5.73. The maximum Gasteiger partial charge on any atom is 0.243 e. The van der Waals surface area contributed by atoms with E-state index in [-0.39, 0.29) is 24.4 Å². The van der Waals surface area contributed by atoms with Gasteiger partial charge in [0.15, 0.2) is 0 Å². The molecule has 0 spiro atoms. The highest BCUT2D eigenvalue weighted by atomic mass is 35.5. The Morgan fingerprint density at radius 2 is 1.61 bits per heavy atom. The van der Waals surface area contributed by atoms with E-state index in [2.05, 4.69) is 29.6 Å². The third-order valence-electron chi connectivity index (χ3n) is 7.22. The lowest BCUT2D eigenvalue weighted by Gasteiger charge is -2.33. The van der Waals surface area contributed by atoms with Gasteiger partial charge in [-0.15, -0.1) is 0 Å². The lowest BCUT2D eigenvalue weighted by molar-refractivity contribution is -0.141. The SMILES string of the molecule is CC[C@H](C(=O)NC1CCCCC1)N(Cc1c(Cl)cccc1Cl)C(=O)CCc1cccc2ccccc12. The summed E-state index contributed by atoms with van der Waals surface area (Å²) in [5.41, 5.74) is 1.79. The lowest BCUT2D eigenvalue weighted by Crippen LogP contribution is -2.51. The highest BCUT2D eigenvalue weighted by molar-refractivity contribution is 6.36. The monoisotopic (exact) mass is 524 g/mol. The van der Waals surface area contributed by atoms with Crippen molar-refractivity contribution < 1.29 is 9.59 Å². The second-order valence-electron chi connectivity index (χ2n) is 9.63. The summed E-state index contributed by atoms with van der Waals surface area (Å²) in [6.07, 6.45) is 6.86. The molecule has 1 aliphatic carbocycles. The molecule has 1 fully saturated rings. The van der Waals surface area contributed by atoms with Crippen LogP contribution in [0.15, 0.2) is 60.7 Å². The smallest absolute Gasteiger partial charge is 0.243 e. The van der Waals surface area contributed by atoms with Gasteiger partial charge in [0, 0.05) is 34.6 Å². The summed E-state index contributed by atoms with van der Waals surface area (Å²) in [6, 6.07) is 19.3. The first kappa shape index (κ1) is 26.5. The normalized spacial score (nSPS) is 15.0. The van der Waals surface area contributed by atoms with E-state index in [1.807, 2.05) is 25.1 Å². The van der Waals surface area contributed by atoms with Crippen LogP contribution in [0, 0.1) is 0 Å². The molecular formula is C30H34Cl2N2O2. The summed E-state index contributed by atoms with van der Waals surface area (Å²) in [5.74, 6) is -0.171. The van der Waals surface area contributed by atoms with Crippen molar-refractivity contribution in [1.82, 2.24) is 10.2 Å². The first-order valence-corrected chi connectivity index (χ1v) is 13.7. The molecule has 4 nitrogen and oxygen atoms in total. The molecule has 36 heavy (non-hydrogen) atoms. The lowest BCUT2D eigenvalue weighted by atomic mass is 9.95. The van der Waals surface area contributed by atoms with Crippen molar-refractivity contribution in [3.05, 3.63) is 81.8 Å². The van der Waals surface area contributed by atoms with Crippen LogP contribution in [0.25, 0.3) is 10.8 Å². The average Bonchev–Trinajstić information content (AvgIpc) is 2.89. The molecule has 0 radical (unpaired) electrons. The van der Waals surface area contributed by atoms with E-state index in [9.17, 15) is 9.59 Å². The molecule has 4 rings (SSSR count). The van der Waals surface area contributed by atoms with Crippen LogP contribution in [0.5, 0.6) is 0 Å². The van der Waals surface area contributed by atoms with Crippen molar-refractivity contribution >= 4 is 45.8 Å². The number of rotatable bonds is 9. The van der Waals surface area contributed by atoms with E-state index in [0.717, 1.165) is 42.0 Å². The first-order chi connectivity index (χ1) is 17.5. The van der Waals surface area contributed by atoms with Gasteiger partial charge in [-0.2, -0.15) is 0 Å². The molecule has 1 N–H and O–H groups in total. The van der Waals surface area contributed by atoms with Crippen LogP contribution in [0.4, 0.5) is 0 Å². The van der Waals surface area contributed by atoms with Gasteiger partial charge in [0.2, 0.25) is 11.8 Å². The Morgan fingerprint density at radius 1 is 0.944 bits per heavy atom. The molecule has 1 atom stereocenters. The molecular weight excluding hydrogens is 491 g/mol. The van der Waals surface area contributed by atoms with Crippen LogP contribution < -0.4 is 5.32 Å². The third-order valence-corrected chi connectivity index (χ3v) is 7.92. The van der Waals surface area contributed by atoms with Gasteiger partial charge in [0.25, 0.3) is 0 Å². The highest BCUT2D eigenvalue weighted by Crippen LogP contribution is 2.28. The minimum absolute atomic E-state index is 0.0791. The van der Waals surface area contributed by atoms with Gasteiger partial charge >= 0.3 is 0 Å². The highest BCUT2D eigenvalue weighted by Gasteiger charge is 2.31. The van der Waals surface area contributed by atoms with Crippen LogP contribution in [0.3, 0.4) is 0 Å². The molecule has 6 heteroatoms. The first-order valence-electron chi connectivity index (χ1n) is 13.0. The van der Waals surface area contributed by atoms with Crippen LogP contribution in [0.1, 0.15) is 63.0 Å². The molecule has 190 valence electrons. The summed E-state index contributed by atoms with van der Waals surface area (Å²) in [7, 11) is 0. The molecule has 0 bridgehead atoms. The number of nitrogens with zero attached hydrogens (tertiary/aromatic N) is 1. The number of hydrogen-bond acceptors (Lipinski definition) is 2. The molecule has 1 aliphatic rings. The molecule has 3 aromatic carbocycles. The van der Waals surface area contributed by atoms with E-state index in [1.54, 1.807) is 23.1 Å². The van der Waals surface area contributed by atoms with Crippen LogP contribution in [0.2, 0.25) is 10.0 Å². The number of nitrogens with one attached hydrogen (secondary N) is 1. The van der Waals surface area contributed by atoms with Crippen molar-refractivity contribution in [1.29, 1.82) is 0 Å². The van der Waals surface area contributed by atoms with E-state index in [1.165, 1.54) is 6.42 Å². The third kappa shape index (κ3) is 6.41. The number of carbonyl (C=O) groups excluding carboxylic acids is 2. The molecule has 0 saturated heterocycles. The van der Waals surface area contributed by atoms with Crippen LogP contribution in [-0.2, 0) is 22.6 Å². The van der Waals surface area contributed by atoms with Gasteiger partial charge in [0.1, 0.15) is 6.04 Å². The van der Waals surface area contributed by atoms with Gasteiger partial charge in [-0.3, -0.25) is 9.59 Å². The average molecular weight is 526 g/mol. The summed E-state index contributed by atoms with van der Waals surface area (Å²) >= 11 is 13.0. The predicted octanol–water partition coefficient (Wildman–Crippen LogP) is 7.34. The van der Waals surface area contributed by atoms with Crippen molar-refractivity contribution in [2.75, 3.05) is 0 Å². The van der Waals surface area contributed by atoms with E-state index < -0.39 is 6.04 Å². The molecule has 0 aromatic heterocycles. The molecule has 2 amide bonds. The Hall–Kier alpha value is -2.56. The number of benzene rings is 3.